The van der Waals surface area contributed by atoms with E-state index in [4.69, 9.17) is 0 Å². The first-order valence-corrected chi connectivity index (χ1v) is 8.88. The third-order valence-electron chi connectivity index (χ3n) is 3.70. The van der Waals surface area contributed by atoms with Crippen LogP contribution in [0.5, 0.6) is 0 Å². The van der Waals surface area contributed by atoms with Crippen molar-refractivity contribution < 1.29 is 14.3 Å². The molecule has 0 radical (unpaired) electrons. The van der Waals surface area contributed by atoms with Crippen LogP contribution in [0.15, 0.2) is 29.9 Å². The van der Waals surface area contributed by atoms with Crippen LogP contribution < -0.4 is 0 Å². The van der Waals surface area contributed by atoms with Crippen molar-refractivity contribution in [3.8, 4) is 0 Å². The number of hydrogen-bond acceptors (Lipinski definition) is 3. The fourth-order valence-electron chi connectivity index (χ4n) is 2.24. The molecule has 0 aromatic heterocycles. The molecule has 0 bridgehead atoms. The first kappa shape index (κ1) is 21.4. The Balaban J connectivity index is 3.57. The SMILES string of the molecule is CCCCCC(=C=O)/C=C/C=C/CCCCCCCC(=O)OC. The van der Waals surface area contributed by atoms with Crippen molar-refractivity contribution >= 4 is 11.9 Å². The van der Waals surface area contributed by atoms with Gasteiger partial charge < -0.3 is 4.74 Å². The fourth-order valence-corrected chi connectivity index (χ4v) is 2.24. The Morgan fingerprint density at radius 2 is 1.65 bits per heavy atom. The molecule has 0 saturated heterocycles. The van der Waals surface area contributed by atoms with Gasteiger partial charge in [0.05, 0.1) is 7.11 Å². The van der Waals surface area contributed by atoms with Gasteiger partial charge in [0, 0.05) is 12.0 Å². The van der Waals surface area contributed by atoms with Gasteiger partial charge in [-0.2, -0.15) is 0 Å². The predicted octanol–water partition coefficient (Wildman–Crippen LogP) is 5.34. The van der Waals surface area contributed by atoms with E-state index in [0.29, 0.717) is 6.42 Å². The third kappa shape index (κ3) is 15.1. The van der Waals surface area contributed by atoms with Gasteiger partial charge in [-0.05, 0) is 38.2 Å². The Morgan fingerprint density at radius 3 is 2.35 bits per heavy atom. The molecule has 130 valence electrons. The van der Waals surface area contributed by atoms with Gasteiger partial charge in [-0.3, -0.25) is 4.79 Å². The van der Waals surface area contributed by atoms with Crippen LogP contribution >= 0.6 is 0 Å². The second kappa shape index (κ2) is 16.8. The van der Waals surface area contributed by atoms with Crippen LogP contribution in [-0.4, -0.2) is 19.0 Å². The van der Waals surface area contributed by atoms with Gasteiger partial charge in [0.25, 0.3) is 0 Å². The van der Waals surface area contributed by atoms with Gasteiger partial charge in [-0.15, -0.1) is 0 Å². The number of methoxy groups -OCH3 is 1. The highest BCUT2D eigenvalue weighted by atomic mass is 16.5. The molecule has 0 aliphatic rings. The molecular formula is C20H32O3. The quantitative estimate of drug-likeness (QED) is 0.188. The van der Waals surface area contributed by atoms with Crippen LogP contribution in [-0.2, 0) is 14.3 Å². The van der Waals surface area contributed by atoms with E-state index >= 15 is 0 Å². The molecular weight excluding hydrogens is 288 g/mol. The lowest BCUT2D eigenvalue weighted by Crippen LogP contribution is -1.98. The van der Waals surface area contributed by atoms with E-state index in [2.05, 4.69) is 17.7 Å². The Morgan fingerprint density at radius 1 is 0.957 bits per heavy atom. The van der Waals surface area contributed by atoms with Crippen molar-refractivity contribution in [2.24, 2.45) is 0 Å². The minimum Gasteiger partial charge on any atom is -0.469 e. The molecule has 0 aromatic carbocycles. The molecule has 0 unspecified atom stereocenters. The van der Waals surface area contributed by atoms with E-state index in [9.17, 15) is 9.59 Å². The summed E-state index contributed by atoms with van der Waals surface area (Å²) in [7, 11) is 1.43. The first-order valence-electron chi connectivity index (χ1n) is 8.88. The average Bonchev–Trinajstić information content (AvgIpc) is 2.57. The molecule has 0 rings (SSSR count). The van der Waals surface area contributed by atoms with Crippen molar-refractivity contribution in [2.45, 2.75) is 77.6 Å². The summed E-state index contributed by atoms with van der Waals surface area (Å²) < 4.78 is 4.60. The molecule has 0 atom stereocenters. The van der Waals surface area contributed by atoms with Gasteiger partial charge in [-0.25, -0.2) is 4.79 Å². The normalized spacial score (nSPS) is 11.0. The third-order valence-corrected chi connectivity index (χ3v) is 3.70. The summed E-state index contributed by atoms with van der Waals surface area (Å²) in [5, 5.41) is 0. The summed E-state index contributed by atoms with van der Waals surface area (Å²) >= 11 is 0. The minimum absolute atomic E-state index is 0.113. The number of unbranched alkanes of at least 4 members (excludes halogenated alkanes) is 7. The standard InChI is InChI=1S/C20H32O3/c1-3-4-12-15-19(18-21)16-13-10-8-6-5-7-9-11-14-17-20(22)23-2/h8,10,13,16H,3-7,9,11-12,14-15,17H2,1-2H3/b10-8+,16-13+. The lowest BCUT2D eigenvalue weighted by molar-refractivity contribution is -0.140. The predicted molar refractivity (Wildman–Crippen MR) is 96.0 cm³/mol. The highest BCUT2D eigenvalue weighted by Crippen LogP contribution is 2.09. The largest absolute Gasteiger partial charge is 0.469 e. The van der Waals surface area contributed by atoms with Crippen LogP contribution in [0.2, 0.25) is 0 Å². The van der Waals surface area contributed by atoms with Gasteiger partial charge in [0.15, 0.2) is 0 Å². The molecule has 0 aliphatic carbocycles. The highest BCUT2D eigenvalue weighted by Gasteiger charge is 1.98. The Bertz CT molecular complexity index is 401. The monoisotopic (exact) mass is 320 g/mol. The Labute approximate surface area is 141 Å². The van der Waals surface area contributed by atoms with Gasteiger partial charge in [0.2, 0.25) is 0 Å². The van der Waals surface area contributed by atoms with E-state index in [1.165, 1.54) is 20.0 Å². The molecule has 0 saturated carbocycles. The lowest BCUT2D eigenvalue weighted by Gasteiger charge is -1.99. The number of allylic oxidation sites excluding steroid dienone is 5. The number of carbonyl (C=O) groups excluding carboxylic acids is 2. The number of carbonyl (C=O) groups is 1. The van der Waals surface area contributed by atoms with Crippen molar-refractivity contribution in [2.75, 3.05) is 7.11 Å². The van der Waals surface area contributed by atoms with Crippen LogP contribution in [0.1, 0.15) is 77.6 Å². The molecule has 23 heavy (non-hydrogen) atoms. The minimum atomic E-state index is -0.113. The maximum Gasteiger partial charge on any atom is 0.305 e. The molecule has 3 nitrogen and oxygen atoms in total. The first-order chi connectivity index (χ1) is 11.2. The summed E-state index contributed by atoms with van der Waals surface area (Å²) in [4.78, 5) is 21.7. The molecule has 0 fully saturated rings. The zero-order valence-electron chi connectivity index (χ0n) is 14.8. The van der Waals surface area contributed by atoms with Crippen LogP contribution in [0.25, 0.3) is 0 Å². The molecule has 0 heterocycles. The maximum absolute atomic E-state index is 10.9. The smallest absolute Gasteiger partial charge is 0.305 e. The Hall–Kier alpha value is -1.60. The molecule has 0 aromatic rings. The van der Waals surface area contributed by atoms with Crippen LogP contribution in [0.4, 0.5) is 0 Å². The van der Waals surface area contributed by atoms with E-state index in [1.807, 2.05) is 24.2 Å². The maximum atomic E-state index is 10.9. The number of hydrogen-bond donors (Lipinski definition) is 0. The fraction of sp³-hybridized carbons (Fsp3) is 0.650. The van der Waals surface area contributed by atoms with Crippen molar-refractivity contribution in [3.63, 3.8) is 0 Å². The summed E-state index contributed by atoms with van der Waals surface area (Å²) in [6, 6.07) is 0. The Kier molecular flexibility index (Phi) is 15.6. The van der Waals surface area contributed by atoms with Crippen molar-refractivity contribution in [1.82, 2.24) is 0 Å². The molecule has 0 spiro atoms. The highest BCUT2D eigenvalue weighted by molar-refractivity contribution is 5.68. The van der Waals surface area contributed by atoms with Gasteiger partial charge in [0.1, 0.15) is 5.94 Å². The van der Waals surface area contributed by atoms with E-state index in [-0.39, 0.29) is 5.97 Å². The zero-order valence-corrected chi connectivity index (χ0v) is 14.8. The number of esters is 1. The van der Waals surface area contributed by atoms with Crippen molar-refractivity contribution in [3.05, 3.63) is 29.9 Å². The number of ether oxygens (including phenoxy) is 1. The second-order valence-electron chi connectivity index (χ2n) is 5.75. The van der Waals surface area contributed by atoms with Crippen molar-refractivity contribution in [1.29, 1.82) is 0 Å². The second-order valence-corrected chi connectivity index (χ2v) is 5.75. The number of rotatable bonds is 14. The summed E-state index contributed by atoms with van der Waals surface area (Å²) in [6.45, 7) is 2.15. The zero-order chi connectivity index (χ0) is 17.2. The van der Waals surface area contributed by atoms with E-state index in [1.54, 1.807) is 0 Å². The topological polar surface area (TPSA) is 43.4 Å². The summed E-state index contributed by atoms with van der Waals surface area (Å²) in [5.74, 6) is 1.90. The van der Waals surface area contributed by atoms with Crippen LogP contribution in [0.3, 0.4) is 0 Å². The molecule has 0 amide bonds. The molecule has 0 N–H and O–H groups in total. The van der Waals surface area contributed by atoms with Crippen LogP contribution in [0, 0.1) is 0 Å². The van der Waals surface area contributed by atoms with Gasteiger partial charge >= 0.3 is 5.97 Å². The van der Waals surface area contributed by atoms with Gasteiger partial charge in [-0.1, -0.05) is 57.3 Å². The lowest BCUT2D eigenvalue weighted by atomic mass is 10.1. The summed E-state index contributed by atoms with van der Waals surface area (Å²) in [5.41, 5.74) is 0.758. The van der Waals surface area contributed by atoms with E-state index < -0.39 is 0 Å². The average molecular weight is 320 g/mol. The van der Waals surface area contributed by atoms with E-state index in [0.717, 1.165) is 56.9 Å². The molecule has 0 aliphatic heterocycles. The summed E-state index contributed by atoms with van der Waals surface area (Å²) in [6.07, 6.45) is 19.3. The molecule has 3 heteroatoms.